The second kappa shape index (κ2) is 8.49. The Kier molecular flexibility index (Phi) is 6.10. The van der Waals surface area contributed by atoms with Gasteiger partial charge in [-0.25, -0.2) is 4.98 Å². The van der Waals surface area contributed by atoms with Crippen LogP contribution in [-0.4, -0.2) is 18.1 Å². The first-order valence-corrected chi connectivity index (χ1v) is 9.12. The van der Waals surface area contributed by atoms with Crippen molar-refractivity contribution in [2.24, 2.45) is 0 Å². The molecule has 3 aromatic rings. The quantitative estimate of drug-likeness (QED) is 0.531. The van der Waals surface area contributed by atoms with Crippen molar-refractivity contribution < 1.29 is 4.74 Å². The number of halogens is 2. The average Bonchev–Trinajstić information content (AvgIpc) is 3.06. The van der Waals surface area contributed by atoms with Crippen LogP contribution < -0.4 is 5.32 Å². The maximum atomic E-state index is 6.21. The number of thiazole rings is 1. The molecule has 0 fully saturated rings. The Hall–Kier alpha value is -1.59. The van der Waals surface area contributed by atoms with E-state index >= 15 is 0 Å². The van der Waals surface area contributed by atoms with Crippen molar-refractivity contribution in [2.45, 2.75) is 6.61 Å². The van der Waals surface area contributed by atoms with Gasteiger partial charge in [0.2, 0.25) is 0 Å². The summed E-state index contributed by atoms with van der Waals surface area (Å²) < 4.78 is 5.64. The molecule has 0 radical (unpaired) electrons. The number of hydrogen-bond donors (Lipinski definition) is 1. The summed E-state index contributed by atoms with van der Waals surface area (Å²) in [5.41, 5.74) is 2.83. The fourth-order valence-electron chi connectivity index (χ4n) is 2.17. The fraction of sp³-hybridized carbons (Fsp3) is 0.167. The first-order valence-electron chi connectivity index (χ1n) is 7.49. The Labute approximate surface area is 155 Å². The van der Waals surface area contributed by atoms with E-state index in [1.807, 2.05) is 29.6 Å². The Morgan fingerprint density at radius 3 is 2.75 bits per heavy atom. The minimum atomic E-state index is 0.613. The summed E-state index contributed by atoms with van der Waals surface area (Å²) in [6, 6.07) is 15.5. The van der Waals surface area contributed by atoms with Crippen molar-refractivity contribution >= 4 is 39.7 Å². The lowest BCUT2D eigenvalue weighted by molar-refractivity contribution is 0.130. The van der Waals surface area contributed by atoms with Crippen LogP contribution in [0.3, 0.4) is 0 Å². The van der Waals surface area contributed by atoms with Crippen LogP contribution in [0.5, 0.6) is 0 Å². The molecule has 0 bridgehead atoms. The van der Waals surface area contributed by atoms with Crippen LogP contribution in [0.15, 0.2) is 53.9 Å². The smallest absolute Gasteiger partial charge is 0.183 e. The van der Waals surface area contributed by atoms with E-state index < -0.39 is 0 Å². The fourth-order valence-corrected chi connectivity index (χ4v) is 3.29. The first-order chi connectivity index (χ1) is 11.7. The zero-order valence-electron chi connectivity index (χ0n) is 12.8. The monoisotopic (exact) mass is 378 g/mol. The number of anilines is 1. The van der Waals surface area contributed by atoms with E-state index in [0.717, 1.165) is 16.4 Å². The van der Waals surface area contributed by atoms with Gasteiger partial charge in [0.25, 0.3) is 0 Å². The van der Waals surface area contributed by atoms with Crippen LogP contribution in [0.4, 0.5) is 5.13 Å². The van der Waals surface area contributed by atoms with E-state index in [4.69, 9.17) is 27.9 Å². The van der Waals surface area contributed by atoms with Gasteiger partial charge in [-0.1, -0.05) is 53.5 Å². The van der Waals surface area contributed by atoms with E-state index in [2.05, 4.69) is 22.4 Å². The molecule has 3 nitrogen and oxygen atoms in total. The van der Waals surface area contributed by atoms with Crippen molar-refractivity contribution in [1.82, 2.24) is 4.98 Å². The molecule has 0 aliphatic rings. The predicted octanol–water partition coefficient (Wildman–Crippen LogP) is 5.75. The number of aromatic nitrogens is 1. The molecule has 6 heteroatoms. The van der Waals surface area contributed by atoms with Gasteiger partial charge in [-0.2, -0.15) is 0 Å². The van der Waals surface area contributed by atoms with Gasteiger partial charge in [-0.05, 0) is 23.8 Å². The largest absolute Gasteiger partial charge is 0.375 e. The van der Waals surface area contributed by atoms with E-state index in [9.17, 15) is 0 Å². The van der Waals surface area contributed by atoms with Crippen molar-refractivity contribution in [3.05, 3.63) is 69.5 Å². The minimum absolute atomic E-state index is 0.613. The molecule has 0 spiro atoms. The van der Waals surface area contributed by atoms with E-state index in [1.54, 1.807) is 12.1 Å². The molecule has 0 saturated heterocycles. The minimum Gasteiger partial charge on any atom is -0.375 e. The molecule has 1 aromatic heterocycles. The van der Waals surface area contributed by atoms with Gasteiger partial charge < -0.3 is 10.1 Å². The number of nitrogens with one attached hydrogen (secondary N) is 1. The Morgan fingerprint density at radius 2 is 1.92 bits per heavy atom. The molecular formula is C18H16Cl2N2OS. The Bertz CT molecular complexity index is 793. The molecule has 0 amide bonds. The summed E-state index contributed by atoms with van der Waals surface area (Å²) in [4.78, 5) is 4.55. The van der Waals surface area contributed by atoms with Crippen molar-refractivity contribution in [1.29, 1.82) is 0 Å². The third-order valence-corrected chi connectivity index (χ3v) is 4.71. The lowest BCUT2D eigenvalue weighted by atomic mass is 10.2. The summed E-state index contributed by atoms with van der Waals surface area (Å²) >= 11 is 13.8. The third kappa shape index (κ3) is 4.71. The zero-order valence-corrected chi connectivity index (χ0v) is 15.2. The molecule has 0 aliphatic carbocycles. The topological polar surface area (TPSA) is 34.1 Å². The van der Waals surface area contributed by atoms with Gasteiger partial charge in [-0.3, -0.25) is 0 Å². The van der Waals surface area contributed by atoms with Crippen LogP contribution in [0.2, 0.25) is 10.0 Å². The normalized spacial score (nSPS) is 10.8. The average molecular weight is 379 g/mol. The highest BCUT2D eigenvalue weighted by Crippen LogP contribution is 2.32. The first kappa shape index (κ1) is 17.2. The van der Waals surface area contributed by atoms with Gasteiger partial charge in [-0.15, -0.1) is 11.3 Å². The summed E-state index contributed by atoms with van der Waals surface area (Å²) in [5.74, 6) is 0. The molecule has 2 aromatic carbocycles. The summed E-state index contributed by atoms with van der Waals surface area (Å²) in [7, 11) is 0. The Morgan fingerprint density at radius 1 is 1.08 bits per heavy atom. The van der Waals surface area contributed by atoms with E-state index in [1.165, 1.54) is 16.9 Å². The highest BCUT2D eigenvalue weighted by Gasteiger charge is 2.09. The van der Waals surface area contributed by atoms with Gasteiger partial charge in [0.1, 0.15) is 0 Å². The number of hydrogen-bond acceptors (Lipinski definition) is 4. The van der Waals surface area contributed by atoms with Crippen LogP contribution in [0, 0.1) is 0 Å². The summed E-state index contributed by atoms with van der Waals surface area (Å²) in [6.45, 7) is 1.93. The van der Waals surface area contributed by atoms with E-state index in [-0.39, 0.29) is 0 Å². The predicted molar refractivity (Wildman–Crippen MR) is 102 cm³/mol. The van der Waals surface area contributed by atoms with Gasteiger partial charge in [0.05, 0.1) is 23.9 Å². The van der Waals surface area contributed by atoms with Crippen LogP contribution in [-0.2, 0) is 11.3 Å². The highest BCUT2D eigenvalue weighted by molar-refractivity contribution is 7.14. The maximum absolute atomic E-state index is 6.21. The molecular weight excluding hydrogens is 363 g/mol. The molecule has 0 aliphatic heterocycles. The number of benzene rings is 2. The third-order valence-electron chi connectivity index (χ3n) is 3.34. The number of rotatable bonds is 7. The van der Waals surface area contributed by atoms with Crippen molar-refractivity contribution in [3.8, 4) is 11.3 Å². The van der Waals surface area contributed by atoms with Crippen molar-refractivity contribution in [3.63, 3.8) is 0 Å². The molecule has 24 heavy (non-hydrogen) atoms. The molecule has 0 saturated carbocycles. The Balaban J connectivity index is 1.49. The van der Waals surface area contributed by atoms with Gasteiger partial charge in [0.15, 0.2) is 5.13 Å². The summed E-state index contributed by atoms with van der Waals surface area (Å²) in [6.07, 6.45) is 0. The lowest BCUT2D eigenvalue weighted by Gasteiger charge is -2.05. The van der Waals surface area contributed by atoms with Gasteiger partial charge in [0, 0.05) is 22.5 Å². The number of nitrogens with zero attached hydrogens (tertiary/aromatic N) is 1. The lowest BCUT2D eigenvalue weighted by Crippen LogP contribution is -2.09. The standard InChI is InChI=1S/C18H16Cl2N2OS/c19-14-6-7-16(20)15(10-14)17-12-24-18(22-17)21-8-9-23-11-13-4-2-1-3-5-13/h1-7,10,12H,8-9,11H2,(H,21,22). The summed E-state index contributed by atoms with van der Waals surface area (Å²) in [5, 5.41) is 7.35. The van der Waals surface area contributed by atoms with Gasteiger partial charge >= 0.3 is 0 Å². The second-order valence-corrected chi connectivity index (χ2v) is 6.83. The van der Waals surface area contributed by atoms with Crippen LogP contribution in [0.25, 0.3) is 11.3 Å². The molecule has 124 valence electrons. The second-order valence-electron chi connectivity index (χ2n) is 5.13. The highest BCUT2D eigenvalue weighted by atomic mass is 35.5. The van der Waals surface area contributed by atoms with Crippen LogP contribution in [0.1, 0.15) is 5.56 Å². The van der Waals surface area contributed by atoms with Crippen LogP contribution >= 0.6 is 34.5 Å². The molecule has 1 N–H and O–H groups in total. The zero-order chi connectivity index (χ0) is 16.8. The number of ether oxygens (including phenoxy) is 1. The molecule has 3 rings (SSSR count). The molecule has 0 unspecified atom stereocenters. The van der Waals surface area contributed by atoms with E-state index in [0.29, 0.717) is 29.8 Å². The molecule has 0 atom stereocenters. The molecule has 1 heterocycles. The van der Waals surface area contributed by atoms with Crippen molar-refractivity contribution in [2.75, 3.05) is 18.5 Å². The maximum Gasteiger partial charge on any atom is 0.183 e. The SMILES string of the molecule is Clc1ccc(Cl)c(-c2csc(NCCOCc3ccccc3)n2)c1.